The predicted octanol–water partition coefficient (Wildman–Crippen LogP) is 2.30. The highest BCUT2D eigenvalue weighted by Crippen LogP contribution is 2.33. The van der Waals surface area contributed by atoms with E-state index in [1.165, 1.54) is 0 Å². The number of hydrogen-bond acceptors (Lipinski definition) is 5. The molecule has 0 fully saturated rings. The van der Waals surface area contributed by atoms with E-state index in [4.69, 9.17) is 4.74 Å². The molecule has 0 aliphatic rings. The Morgan fingerprint density at radius 1 is 1.17 bits per heavy atom. The number of para-hydroxylation sites is 1. The predicted molar refractivity (Wildman–Crippen MR) is 120 cm³/mol. The van der Waals surface area contributed by atoms with E-state index in [1.807, 2.05) is 6.92 Å². The van der Waals surface area contributed by atoms with Gasteiger partial charge in [0, 0.05) is 25.2 Å². The molecular weight excluding hydrogens is 521 g/mol. The zero-order chi connectivity index (χ0) is 21.0. The molecule has 0 unspecified atom stereocenters. The summed E-state index contributed by atoms with van der Waals surface area (Å²) in [5.41, 5.74) is 0.440. The van der Waals surface area contributed by atoms with Gasteiger partial charge in [-0.15, -0.1) is 24.0 Å². The minimum Gasteiger partial charge on any atom is -0.490 e. The zero-order valence-electron chi connectivity index (χ0n) is 16.7. The number of nitrogens with zero attached hydrogens (tertiary/aromatic N) is 1. The molecule has 8 nitrogen and oxygen atoms in total. The molecule has 1 aromatic rings. The van der Waals surface area contributed by atoms with Crippen LogP contribution in [-0.2, 0) is 16.6 Å². The van der Waals surface area contributed by atoms with Crippen LogP contribution in [0.15, 0.2) is 23.2 Å². The van der Waals surface area contributed by atoms with E-state index in [0.29, 0.717) is 31.2 Å². The first-order chi connectivity index (χ1) is 13.3. The number of guanidine groups is 1. The Hall–Kier alpha value is -1.41. The fourth-order valence-electron chi connectivity index (χ4n) is 2.17. The quantitative estimate of drug-likeness (QED) is 0.160. The first-order valence-electron chi connectivity index (χ1n) is 9.01. The number of nitrogens with one attached hydrogen (secondary N) is 3. The summed E-state index contributed by atoms with van der Waals surface area (Å²) >= 11 is 0. The van der Waals surface area contributed by atoms with Crippen molar-refractivity contribution in [3.05, 3.63) is 23.8 Å². The molecule has 0 aliphatic carbocycles. The van der Waals surface area contributed by atoms with Crippen LogP contribution in [0.25, 0.3) is 0 Å². The van der Waals surface area contributed by atoms with Gasteiger partial charge < -0.3 is 20.1 Å². The minimum atomic E-state index is -3.26. The third kappa shape index (κ3) is 10.8. The second-order valence-electron chi connectivity index (χ2n) is 5.48. The molecule has 0 aliphatic heterocycles. The Bertz CT molecular complexity index is 736. The largest absolute Gasteiger partial charge is 0.490 e. The molecule has 3 N–H and O–H groups in total. The first kappa shape index (κ1) is 27.6. The van der Waals surface area contributed by atoms with Crippen LogP contribution >= 0.6 is 24.0 Å². The van der Waals surface area contributed by atoms with Gasteiger partial charge in [-0.2, -0.15) is 8.78 Å². The average Bonchev–Trinajstić information content (AvgIpc) is 2.65. The molecule has 12 heteroatoms. The number of sulfonamides is 1. The van der Waals surface area contributed by atoms with Gasteiger partial charge in [0.05, 0.1) is 18.9 Å². The Morgan fingerprint density at radius 2 is 1.90 bits per heavy atom. The first-order valence-corrected chi connectivity index (χ1v) is 10.7. The third-order valence-electron chi connectivity index (χ3n) is 3.44. The van der Waals surface area contributed by atoms with Gasteiger partial charge in [-0.3, -0.25) is 0 Å². The lowest BCUT2D eigenvalue weighted by Gasteiger charge is -2.15. The maximum atomic E-state index is 12.8. The van der Waals surface area contributed by atoms with Gasteiger partial charge in [0.15, 0.2) is 17.5 Å². The van der Waals surface area contributed by atoms with Gasteiger partial charge in [0.1, 0.15) is 0 Å². The van der Waals surface area contributed by atoms with E-state index in [2.05, 4.69) is 25.1 Å². The SMILES string of the molecule is CCNC(=NCc1cccc(OCC)c1OC(F)F)NCCNS(=O)(=O)CC.I. The molecule has 0 amide bonds. The number of benzene rings is 1. The summed E-state index contributed by atoms with van der Waals surface area (Å²) in [4.78, 5) is 4.34. The average molecular weight is 550 g/mol. The molecule has 0 saturated heterocycles. The molecule has 168 valence electrons. The van der Waals surface area contributed by atoms with Gasteiger partial charge in [-0.05, 0) is 26.8 Å². The van der Waals surface area contributed by atoms with Crippen molar-refractivity contribution in [1.82, 2.24) is 15.4 Å². The van der Waals surface area contributed by atoms with E-state index in [0.717, 1.165) is 0 Å². The Kier molecular flexibility index (Phi) is 13.8. The molecule has 0 radical (unpaired) electrons. The van der Waals surface area contributed by atoms with Crippen LogP contribution in [0.1, 0.15) is 26.3 Å². The molecule has 0 spiro atoms. The zero-order valence-corrected chi connectivity index (χ0v) is 19.9. The second kappa shape index (κ2) is 14.6. The summed E-state index contributed by atoms with van der Waals surface area (Å²) in [5, 5.41) is 5.99. The highest BCUT2D eigenvalue weighted by atomic mass is 127. The fraction of sp³-hybridized carbons (Fsp3) is 0.588. The standard InChI is InChI=1S/C17H28F2N4O4S.HI/c1-4-20-17(21-10-11-23-28(24,25)6-3)22-12-13-8-7-9-14(26-5-2)15(13)27-16(18)19;/h7-9,16,23H,4-6,10-12H2,1-3H3,(H2,20,21,22);1H. The van der Waals surface area contributed by atoms with Crippen LogP contribution in [0.2, 0.25) is 0 Å². The maximum absolute atomic E-state index is 12.8. The summed E-state index contributed by atoms with van der Waals surface area (Å²) in [6.45, 7) is 3.65. The highest BCUT2D eigenvalue weighted by molar-refractivity contribution is 14.0. The number of halogens is 3. The lowest BCUT2D eigenvalue weighted by atomic mass is 10.2. The smallest absolute Gasteiger partial charge is 0.387 e. The number of ether oxygens (including phenoxy) is 2. The van der Waals surface area contributed by atoms with Crippen LogP contribution in [0, 0.1) is 0 Å². The number of hydrogen-bond donors (Lipinski definition) is 3. The van der Waals surface area contributed by atoms with Crippen molar-refractivity contribution in [2.45, 2.75) is 33.9 Å². The van der Waals surface area contributed by atoms with Crippen molar-refractivity contribution in [2.75, 3.05) is 32.0 Å². The van der Waals surface area contributed by atoms with Crippen LogP contribution in [0.3, 0.4) is 0 Å². The number of alkyl halides is 2. The van der Waals surface area contributed by atoms with Gasteiger partial charge in [-0.25, -0.2) is 18.1 Å². The Labute approximate surface area is 187 Å². The van der Waals surface area contributed by atoms with Crippen LogP contribution in [-0.4, -0.2) is 53.0 Å². The van der Waals surface area contributed by atoms with E-state index in [1.54, 1.807) is 32.0 Å². The maximum Gasteiger partial charge on any atom is 0.387 e. The summed E-state index contributed by atoms with van der Waals surface area (Å²) in [7, 11) is -3.26. The van der Waals surface area contributed by atoms with Crippen molar-refractivity contribution < 1.29 is 26.7 Å². The summed E-state index contributed by atoms with van der Waals surface area (Å²) < 4.78 is 60.8. The molecule has 0 heterocycles. The molecule has 0 bridgehead atoms. The van der Waals surface area contributed by atoms with Crippen LogP contribution in [0.4, 0.5) is 8.78 Å². The highest BCUT2D eigenvalue weighted by Gasteiger charge is 2.15. The van der Waals surface area contributed by atoms with E-state index in [-0.39, 0.29) is 54.3 Å². The molecule has 1 aromatic carbocycles. The van der Waals surface area contributed by atoms with Crippen molar-refractivity contribution in [1.29, 1.82) is 0 Å². The van der Waals surface area contributed by atoms with Gasteiger partial charge in [0.25, 0.3) is 0 Å². The monoisotopic (exact) mass is 550 g/mol. The lowest BCUT2D eigenvalue weighted by molar-refractivity contribution is -0.0520. The van der Waals surface area contributed by atoms with Crippen LogP contribution in [0.5, 0.6) is 11.5 Å². The molecule has 0 atom stereocenters. The van der Waals surface area contributed by atoms with E-state index >= 15 is 0 Å². The Balaban J connectivity index is 0.00000784. The van der Waals surface area contributed by atoms with Crippen LogP contribution < -0.4 is 24.8 Å². The van der Waals surface area contributed by atoms with E-state index < -0.39 is 16.6 Å². The molecule has 29 heavy (non-hydrogen) atoms. The minimum absolute atomic E-state index is 0. The van der Waals surface area contributed by atoms with Gasteiger partial charge in [-0.1, -0.05) is 12.1 Å². The molecule has 0 saturated carbocycles. The number of rotatable bonds is 12. The van der Waals surface area contributed by atoms with Crippen molar-refractivity contribution in [2.24, 2.45) is 4.99 Å². The number of aliphatic imine (C=N–C) groups is 1. The molecule has 0 aromatic heterocycles. The van der Waals surface area contributed by atoms with Crippen molar-refractivity contribution in [3.8, 4) is 11.5 Å². The Morgan fingerprint density at radius 3 is 2.48 bits per heavy atom. The van der Waals surface area contributed by atoms with E-state index in [9.17, 15) is 17.2 Å². The molecular formula is C17H29F2IN4O4S. The fourth-order valence-corrected chi connectivity index (χ4v) is 2.79. The lowest BCUT2D eigenvalue weighted by Crippen LogP contribution is -2.41. The van der Waals surface area contributed by atoms with Gasteiger partial charge >= 0.3 is 6.61 Å². The van der Waals surface area contributed by atoms with Crippen molar-refractivity contribution >= 4 is 40.0 Å². The second-order valence-corrected chi connectivity index (χ2v) is 7.57. The normalized spacial score (nSPS) is 11.7. The van der Waals surface area contributed by atoms with Crippen molar-refractivity contribution in [3.63, 3.8) is 0 Å². The summed E-state index contributed by atoms with van der Waals surface area (Å²) in [6.07, 6.45) is 0. The molecule has 1 rings (SSSR count). The van der Waals surface area contributed by atoms with Gasteiger partial charge in [0.2, 0.25) is 10.0 Å². The summed E-state index contributed by atoms with van der Waals surface area (Å²) in [6, 6.07) is 4.86. The summed E-state index contributed by atoms with van der Waals surface area (Å²) in [5.74, 6) is 0.602. The third-order valence-corrected chi connectivity index (χ3v) is 4.84. The topological polar surface area (TPSA) is 101 Å².